The monoisotopic (exact) mass is 372 g/mol. The van der Waals surface area contributed by atoms with Gasteiger partial charge in [-0.2, -0.15) is 0 Å². The van der Waals surface area contributed by atoms with Crippen LogP contribution >= 0.6 is 0 Å². The van der Waals surface area contributed by atoms with Gasteiger partial charge in [0.05, 0.1) is 25.4 Å². The summed E-state index contributed by atoms with van der Waals surface area (Å²) in [4.78, 5) is 12.9. The Labute approximate surface area is 154 Å². The zero-order valence-corrected chi connectivity index (χ0v) is 15.0. The van der Waals surface area contributed by atoms with Crippen molar-refractivity contribution in [1.82, 2.24) is 0 Å². The first-order valence-corrected chi connectivity index (χ1v) is 9.21. The highest BCUT2D eigenvalue weighted by atomic mass is 16.6. The molecule has 6 atom stereocenters. The van der Waals surface area contributed by atoms with Crippen LogP contribution in [-0.4, -0.2) is 41.8 Å². The highest BCUT2D eigenvalue weighted by Crippen LogP contribution is 2.70. The van der Waals surface area contributed by atoms with E-state index in [4.69, 9.17) is 18.6 Å². The maximum Gasteiger partial charge on any atom is 0.318 e. The summed E-state index contributed by atoms with van der Waals surface area (Å²) in [6, 6.07) is 3.72. The predicted octanol–water partition coefficient (Wildman–Crippen LogP) is 1.79. The quantitative estimate of drug-likeness (QED) is 0.737. The molecule has 7 heteroatoms. The third kappa shape index (κ3) is 1.45. The fraction of sp³-hybridized carbons (Fsp3) is 0.550. The van der Waals surface area contributed by atoms with Crippen LogP contribution in [0.1, 0.15) is 37.0 Å². The number of hydrogen-bond donors (Lipinski definition) is 2. The number of carbonyl (C=O) groups excluding carboxylic acids is 1. The number of fused-ring (bicyclic) bond motifs is 5. The summed E-state index contributed by atoms with van der Waals surface area (Å²) >= 11 is 0. The molecule has 4 heterocycles. The van der Waals surface area contributed by atoms with E-state index >= 15 is 0 Å². The number of hydrogen-bond acceptors (Lipinski definition) is 7. The highest BCUT2D eigenvalue weighted by Gasteiger charge is 2.79. The van der Waals surface area contributed by atoms with E-state index in [-0.39, 0.29) is 12.5 Å². The fourth-order valence-corrected chi connectivity index (χ4v) is 6.27. The second-order valence-electron chi connectivity index (χ2n) is 8.43. The molecule has 1 aromatic heterocycles. The van der Waals surface area contributed by atoms with Gasteiger partial charge in [0.2, 0.25) is 0 Å². The Morgan fingerprint density at radius 3 is 2.85 bits per heavy atom. The molecule has 5 aliphatic rings. The third-order valence-electron chi connectivity index (χ3n) is 7.61. The van der Waals surface area contributed by atoms with Crippen LogP contribution in [0.4, 0.5) is 0 Å². The molecule has 2 N–H and O–H groups in total. The summed E-state index contributed by atoms with van der Waals surface area (Å²) in [6.45, 7) is 1.96. The second kappa shape index (κ2) is 4.48. The molecule has 0 amide bonds. The third-order valence-corrected chi connectivity index (χ3v) is 7.61. The molecule has 2 aromatic rings. The topological polar surface area (TPSA) is 98.4 Å². The first-order chi connectivity index (χ1) is 12.9. The van der Waals surface area contributed by atoms with Gasteiger partial charge in [0.1, 0.15) is 29.0 Å². The number of ether oxygens (including phenoxy) is 3. The van der Waals surface area contributed by atoms with Crippen molar-refractivity contribution in [3.63, 3.8) is 0 Å². The predicted molar refractivity (Wildman–Crippen MR) is 91.0 cm³/mol. The molecule has 27 heavy (non-hydrogen) atoms. The Kier molecular flexibility index (Phi) is 2.64. The van der Waals surface area contributed by atoms with Gasteiger partial charge in [-0.1, -0.05) is 0 Å². The molecule has 3 aliphatic heterocycles. The molecular weight excluding hydrogens is 352 g/mol. The van der Waals surface area contributed by atoms with E-state index in [0.717, 1.165) is 10.9 Å². The molecule has 2 aliphatic carbocycles. The summed E-state index contributed by atoms with van der Waals surface area (Å²) < 4.78 is 22.9. The van der Waals surface area contributed by atoms with Crippen molar-refractivity contribution in [2.24, 2.45) is 11.3 Å². The van der Waals surface area contributed by atoms with Crippen LogP contribution in [0.25, 0.3) is 11.0 Å². The molecule has 0 unspecified atom stereocenters. The molecule has 1 spiro atoms. The van der Waals surface area contributed by atoms with Gasteiger partial charge in [-0.25, -0.2) is 0 Å². The van der Waals surface area contributed by atoms with Gasteiger partial charge in [0.25, 0.3) is 0 Å². The fourth-order valence-electron chi connectivity index (χ4n) is 6.27. The van der Waals surface area contributed by atoms with Gasteiger partial charge in [0.15, 0.2) is 5.79 Å². The molecular formula is C20H20O7. The van der Waals surface area contributed by atoms with Crippen molar-refractivity contribution < 1.29 is 33.6 Å². The molecule has 0 radical (unpaired) electrons. The number of esters is 1. The summed E-state index contributed by atoms with van der Waals surface area (Å²) in [5, 5.41) is 23.1. The summed E-state index contributed by atoms with van der Waals surface area (Å²) in [7, 11) is 1.59. The van der Waals surface area contributed by atoms with Gasteiger partial charge in [-0.3, -0.25) is 4.79 Å². The van der Waals surface area contributed by atoms with E-state index in [0.29, 0.717) is 29.7 Å². The van der Waals surface area contributed by atoms with Crippen molar-refractivity contribution in [2.45, 2.75) is 43.2 Å². The lowest BCUT2D eigenvalue weighted by atomic mass is 9.45. The molecule has 1 aromatic carbocycles. The summed E-state index contributed by atoms with van der Waals surface area (Å²) in [5.41, 5.74) is 0.254. The van der Waals surface area contributed by atoms with E-state index in [2.05, 4.69) is 0 Å². The van der Waals surface area contributed by atoms with E-state index < -0.39 is 34.8 Å². The van der Waals surface area contributed by atoms with Gasteiger partial charge >= 0.3 is 5.97 Å². The van der Waals surface area contributed by atoms with E-state index in [1.54, 1.807) is 26.4 Å². The maximum absolute atomic E-state index is 12.9. The van der Waals surface area contributed by atoms with Gasteiger partial charge in [-0.15, -0.1) is 0 Å². The number of aliphatic hydroxyl groups excluding tert-OH is 1. The molecule has 7 rings (SSSR count). The zero-order chi connectivity index (χ0) is 18.8. The first-order valence-electron chi connectivity index (χ1n) is 9.21. The summed E-state index contributed by atoms with van der Waals surface area (Å²) in [6.07, 6.45) is 0.740. The van der Waals surface area contributed by atoms with Crippen LogP contribution in [0.3, 0.4) is 0 Å². The van der Waals surface area contributed by atoms with Crippen LogP contribution in [-0.2, 0) is 19.7 Å². The average Bonchev–Trinajstić information content (AvgIpc) is 3.25. The minimum atomic E-state index is -1.57. The van der Waals surface area contributed by atoms with Crippen molar-refractivity contribution in [1.29, 1.82) is 0 Å². The van der Waals surface area contributed by atoms with E-state index in [9.17, 15) is 15.0 Å². The second-order valence-corrected chi connectivity index (χ2v) is 8.43. The molecule has 4 fully saturated rings. The number of aliphatic hydroxyl groups is 2. The molecule has 1 saturated carbocycles. The number of benzene rings is 1. The maximum atomic E-state index is 12.9. The molecule has 3 saturated heterocycles. The minimum Gasteiger partial charge on any atom is -0.496 e. The number of furan rings is 1. The Hall–Kier alpha value is -2.09. The summed E-state index contributed by atoms with van der Waals surface area (Å²) in [5.74, 6) is -1.82. The van der Waals surface area contributed by atoms with Crippen LogP contribution in [0.5, 0.6) is 5.75 Å². The smallest absolute Gasteiger partial charge is 0.318 e. The van der Waals surface area contributed by atoms with E-state index in [1.807, 2.05) is 6.07 Å². The lowest BCUT2D eigenvalue weighted by molar-refractivity contribution is -0.346. The van der Waals surface area contributed by atoms with Crippen LogP contribution in [0, 0.1) is 11.3 Å². The van der Waals surface area contributed by atoms with Crippen molar-refractivity contribution in [2.75, 3.05) is 13.7 Å². The molecule has 2 bridgehead atoms. The largest absolute Gasteiger partial charge is 0.496 e. The Balaban J connectivity index is 1.72. The van der Waals surface area contributed by atoms with Gasteiger partial charge in [-0.05, 0) is 31.0 Å². The standard InChI is InChI=1S/C20H20O7/c1-18-16-15(27-17(18)22)13(21)12-10(19(16)4-5-20(18,23)26-8-19)7-11(24-2)9-3-6-25-14(9)12/h3,6-7,13,15-16,21,23H,4-5,8H2,1-2H3/t13-,15-,16+,18+,19-,20-/m1/s1. The SMILES string of the molecule is COc1cc2c(c3occc13)[C@@H](O)[C@H]1OC(=O)[C@]3(C)[C@H]1[C@@]21CC[C@@]3(O)OC1. The van der Waals surface area contributed by atoms with Gasteiger partial charge in [0, 0.05) is 23.3 Å². The van der Waals surface area contributed by atoms with Crippen LogP contribution < -0.4 is 4.74 Å². The Bertz CT molecular complexity index is 999. The lowest BCUT2D eigenvalue weighted by Crippen LogP contribution is -2.72. The highest BCUT2D eigenvalue weighted by molar-refractivity contribution is 5.90. The normalized spacial score (nSPS) is 44.1. The zero-order valence-electron chi connectivity index (χ0n) is 15.0. The first kappa shape index (κ1) is 15.9. The lowest BCUT2D eigenvalue weighted by Gasteiger charge is -2.63. The van der Waals surface area contributed by atoms with Crippen molar-refractivity contribution in [3.8, 4) is 5.75 Å². The Morgan fingerprint density at radius 2 is 2.15 bits per heavy atom. The van der Waals surface area contributed by atoms with E-state index in [1.165, 1.54) is 0 Å². The minimum absolute atomic E-state index is 0.256. The van der Waals surface area contributed by atoms with Crippen molar-refractivity contribution >= 4 is 16.9 Å². The van der Waals surface area contributed by atoms with Crippen molar-refractivity contribution in [3.05, 3.63) is 29.5 Å². The number of carbonyl (C=O) groups is 1. The molecule has 142 valence electrons. The molecule has 7 nitrogen and oxygen atoms in total. The Morgan fingerprint density at radius 1 is 1.33 bits per heavy atom. The number of rotatable bonds is 1. The van der Waals surface area contributed by atoms with Crippen LogP contribution in [0.2, 0.25) is 0 Å². The van der Waals surface area contributed by atoms with Crippen LogP contribution in [0.15, 0.2) is 22.8 Å². The van der Waals surface area contributed by atoms with Gasteiger partial charge < -0.3 is 28.8 Å². The number of methoxy groups -OCH3 is 1. The average molecular weight is 372 g/mol.